The lowest BCUT2D eigenvalue weighted by Gasteiger charge is -2.32. The molecular weight excluding hydrogens is 142 g/mol. The smallest absolute Gasteiger partial charge is 0.294 e. The summed E-state index contributed by atoms with van der Waals surface area (Å²) >= 11 is 0. The highest BCUT2D eigenvalue weighted by Crippen LogP contribution is 2.16. The van der Waals surface area contributed by atoms with Crippen molar-refractivity contribution in [2.75, 3.05) is 13.1 Å². The molecule has 0 N–H and O–H groups in total. The van der Waals surface area contributed by atoms with Gasteiger partial charge in [-0.1, -0.05) is 6.92 Å². The first-order valence-corrected chi connectivity index (χ1v) is 4.21. The van der Waals surface area contributed by atoms with Gasteiger partial charge in [-0.15, -0.1) is 0 Å². The molecule has 3 nitrogen and oxygen atoms in total. The van der Waals surface area contributed by atoms with Crippen molar-refractivity contribution >= 4 is 6.47 Å². The van der Waals surface area contributed by atoms with Crippen LogP contribution in [0.15, 0.2) is 0 Å². The number of carbonyl (C=O) groups is 1. The minimum Gasteiger partial charge on any atom is -0.449 e. The topological polar surface area (TPSA) is 29.5 Å². The quantitative estimate of drug-likeness (QED) is 0.572. The Morgan fingerprint density at radius 1 is 1.64 bits per heavy atom. The predicted octanol–water partition coefficient (Wildman–Crippen LogP) is 0.991. The van der Waals surface area contributed by atoms with E-state index in [0.29, 0.717) is 6.47 Å². The third-order valence-corrected chi connectivity index (χ3v) is 2.17. The monoisotopic (exact) mass is 157 g/mol. The molecular formula is C8H15NO2. The molecule has 0 aliphatic carbocycles. The predicted molar refractivity (Wildman–Crippen MR) is 42.0 cm³/mol. The number of carbonyl (C=O) groups excluding carboxylic acids is 1. The van der Waals surface area contributed by atoms with Crippen molar-refractivity contribution in [3.05, 3.63) is 0 Å². The van der Waals surface area contributed by atoms with Crippen LogP contribution >= 0.6 is 0 Å². The maximum Gasteiger partial charge on any atom is 0.294 e. The number of likely N-dealkylation sites (tertiary alicyclic amines) is 1. The van der Waals surface area contributed by atoms with Crippen molar-refractivity contribution in [1.82, 2.24) is 4.90 Å². The molecule has 0 unspecified atom stereocenters. The van der Waals surface area contributed by atoms with Crippen LogP contribution in [-0.2, 0) is 9.53 Å². The van der Waals surface area contributed by atoms with Gasteiger partial charge in [-0.3, -0.25) is 9.69 Å². The van der Waals surface area contributed by atoms with E-state index in [9.17, 15) is 4.79 Å². The molecule has 1 atom stereocenters. The zero-order valence-corrected chi connectivity index (χ0v) is 6.95. The van der Waals surface area contributed by atoms with E-state index in [-0.39, 0.29) is 6.23 Å². The molecule has 1 aliphatic heterocycles. The molecule has 1 aliphatic rings. The van der Waals surface area contributed by atoms with Crippen LogP contribution in [0.5, 0.6) is 0 Å². The van der Waals surface area contributed by atoms with Gasteiger partial charge in [0.05, 0.1) is 0 Å². The van der Waals surface area contributed by atoms with Gasteiger partial charge in [0.2, 0.25) is 0 Å². The summed E-state index contributed by atoms with van der Waals surface area (Å²) in [6, 6.07) is 0. The Morgan fingerprint density at radius 3 is 3.09 bits per heavy atom. The molecule has 1 saturated heterocycles. The van der Waals surface area contributed by atoms with E-state index in [0.717, 1.165) is 19.5 Å². The van der Waals surface area contributed by atoms with Crippen LogP contribution in [0.2, 0.25) is 0 Å². The van der Waals surface area contributed by atoms with Crippen LogP contribution in [0, 0.1) is 0 Å². The van der Waals surface area contributed by atoms with Crippen molar-refractivity contribution < 1.29 is 9.53 Å². The second kappa shape index (κ2) is 4.34. The van der Waals surface area contributed by atoms with Crippen LogP contribution in [0.25, 0.3) is 0 Å². The Labute approximate surface area is 67.3 Å². The highest BCUT2D eigenvalue weighted by atomic mass is 16.5. The minimum atomic E-state index is 0.0475. The van der Waals surface area contributed by atoms with Crippen molar-refractivity contribution in [2.45, 2.75) is 32.4 Å². The van der Waals surface area contributed by atoms with Gasteiger partial charge >= 0.3 is 0 Å². The zero-order chi connectivity index (χ0) is 8.10. The van der Waals surface area contributed by atoms with Crippen LogP contribution < -0.4 is 0 Å². The second-order valence-electron chi connectivity index (χ2n) is 2.81. The molecule has 0 aromatic heterocycles. The molecule has 1 fully saturated rings. The van der Waals surface area contributed by atoms with Crippen molar-refractivity contribution in [1.29, 1.82) is 0 Å². The third kappa shape index (κ3) is 2.19. The lowest BCUT2D eigenvalue weighted by atomic mass is 10.1. The molecule has 0 amide bonds. The number of hydrogen-bond acceptors (Lipinski definition) is 3. The Balaban J connectivity index is 2.37. The molecule has 0 aromatic carbocycles. The fourth-order valence-electron chi connectivity index (χ4n) is 1.54. The summed E-state index contributed by atoms with van der Waals surface area (Å²) < 4.78 is 4.93. The van der Waals surface area contributed by atoms with E-state index in [1.807, 2.05) is 0 Å². The summed E-state index contributed by atoms with van der Waals surface area (Å²) in [4.78, 5) is 12.3. The standard InChI is InChI=1S/C8H15NO2/c1-2-9-6-4-3-5-8(9)11-7-10/h7-8H,2-6H2,1H3/t8-/m0/s1. The van der Waals surface area contributed by atoms with Crippen LogP contribution in [0.1, 0.15) is 26.2 Å². The van der Waals surface area contributed by atoms with E-state index in [2.05, 4.69) is 11.8 Å². The average Bonchev–Trinajstić information content (AvgIpc) is 2.06. The summed E-state index contributed by atoms with van der Waals surface area (Å²) in [6.07, 6.45) is 3.44. The zero-order valence-electron chi connectivity index (χ0n) is 6.95. The Hall–Kier alpha value is -0.570. The molecule has 0 radical (unpaired) electrons. The van der Waals surface area contributed by atoms with Gasteiger partial charge < -0.3 is 4.74 Å². The SMILES string of the molecule is CCN1CCCC[C@@H]1OC=O. The molecule has 0 aromatic rings. The maximum absolute atomic E-state index is 10.1. The third-order valence-electron chi connectivity index (χ3n) is 2.17. The maximum atomic E-state index is 10.1. The lowest BCUT2D eigenvalue weighted by Crippen LogP contribution is -2.40. The normalized spacial score (nSPS) is 26.5. The number of hydrogen-bond donors (Lipinski definition) is 0. The number of nitrogens with zero attached hydrogens (tertiary/aromatic N) is 1. The van der Waals surface area contributed by atoms with E-state index in [4.69, 9.17) is 4.74 Å². The van der Waals surface area contributed by atoms with Crippen LogP contribution in [0.4, 0.5) is 0 Å². The van der Waals surface area contributed by atoms with Gasteiger partial charge in [0.1, 0.15) is 0 Å². The van der Waals surface area contributed by atoms with Gasteiger partial charge in [0, 0.05) is 6.54 Å². The molecule has 0 spiro atoms. The average molecular weight is 157 g/mol. The molecule has 3 heteroatoms. The molecule has 64 valence electrons. The summed E-state index contributed by atoms with van der Waals surface area (Å²) in [6.45, 7) is 4.68. The molecule has 0 bridgehead atoms. The van der Waals surface area contributed by atoms with Gasteiger partial charge in [-0.2, -0.15) is 0 Å². The van der Waals surface area contributed by atoms with Crippen molar-refractivity contribution in [3.63, 3.8) is 0 Å². The largest absolute Gasteiger partial charge is 0.449 e. The summed E-state index contributed by atoms with van der Waals surface area (Å²) in [5.41, 5.74) is 0. The number of ether oxygens (including phenoxy) is 1. The van der Waals surface area contributed by atoms with Crippen LogP contribution in [0.3, 0.4) is 0 Å². The fraction of sp³-hybridized carbons (Fsp3) is 0.875. The summed E-state index contributed by atoms with van der Waals surface area (Å²) in [7, 11) is 0. The van der Waals surface area contributed by atoms with E-state index >= 15 is 0 Å². The fourth-order valence-corrected chi connectivity index (χ4v) is 1.54. The van der Waals surface area contributed by atoms with E-state index < -0.39 is 0 Å². The molecule has 1 rings (SSSR count). The van der Waals surface area contributed by atoms with Crippen LogP contribution in [-0.4, -0.2) is 30.7 Å². The van der Waals surface area contributed by atoms with E-state index in [1.54, 1.807) is 0 Å². The Bertz CT molecular complexity index is 127. The van der Waals surface area contributed by atoms with Gasteiger partial charge in [-0.05, 0) is 25.8 Å². The summed E-state index contributed by atoms with van der Waals surface area (Å²) in [5, 5.41) is 0. The molecule has 1 heterocycles. The first-order valence-electron chi connectivity index (χ1n) is 4.21. The highest BCUT2D eigenvalue weighted by Gasteiger charge is 2.21. The lowest BCUT2D eigenvalue weighted by molar-refractivity contribution is -0.146. The Morgan fingerprint density at radius 2 is 2.45 bits per heavy atom. The highest BCUT2D eigenvalue weighted by molar-refractivity contribution is 5.37. The molecule has 0 saturated carbocycles. The number of rotatable bonds is 3. The first kappa shape index (κ1) is 8.53. The summed E-state index contributed by atoms with van der Waals surface area (Å²) in [5.74, 6) is 0. The minimum absolute atomic E-state index is 0.0475. The van der Waals surface area contributed by atoms with Crippen molar-refractivity contribution in [3.8, 4) is 0 Å². The van der Waals surface area contributed by atoms with E-state index in [1.165, 1.54) is 12.8 Å². The van der Waals surface area contributed by atoms with Gasteiger partial charge in [-0.25, -0.2) is 0 Å². The first-order chi connectivity index (χ1) is 5.38. The second-order valence-corrected chi connectivity index (χ2v) is 2.81. The van der Waals surface area contributed by atoms with Gasteiger partial charge in [0.25, 0.3) is 6.47 Å². The Kier molecular flexibility index (Phi) is 3.36. The van der Waals surface area contributed by atoms with Gasteiger partial charge in [0.15, 0.2) is 6.23 Å². The number of piperidine rings is 1. The van der Waals surface area contributed by atoms with Crippen molar-refractivity contribution in [2.24, 2.45) is 0 Å². The molecule has 11 heavy (non-hydrogen) atoms.